The molecule has 0 saturated heterocycles. The zero-order valence-corrected chi connectivity index (χ0v) is 5.20. The van der Waals surface area contributed by atoms with Crippen LogP contribution in [0.15, 0.2) is 5.10 Å². The molecule has 0 saturated carbocycles. The minimum Gasteiger partial charge on any atom is -0.477 e. The minimum absolute atomic E-state index is 0.539. The number of nitrogens with zero attached hydrogens (tertiary/aromatic N) is 1. The van der Waals surface area contributed by atoms with Crippen LogP contribution in [-0.4, -0.2) is 30.5 Å². The zero-order valence-electron chi connectivity index (χ0n) is 5.20. The van der Waals surface area contributed by atoms with Gasteiger partial charge in [-0.15, -0.1) is 0 Å². The molecule has 0 fully saturated rings. The Hall–Kier alpha value is -1.59. The fourth-order valence-electron chi connectivity index (χ4n) is 0.186. The van der Waals surface area contributed by atoms with Gasteiger partial charge in [0.05, 0.1) is 7.11 Å². The van der Waals surface area contributed by atoms with Crippen molar-refractivity contribution >= 4 is 18.3 Å². The Morgan fingerprint density at radius 2 is 2.30 bits per heavy atom. The molecule has 0 radical (unpaired) electrons. The number of amides is 1. The van der Waals surface area contributed by atoms with E-state index in [-0.39, 0.29) is 0 Å². The Morgan fingerprint density at radius 1 is 1.70 bits per heavy atom. The first-order valence-corrected chi connectivity index (χ1v) is 2.26. The smallest absolute Gasteiger partial charge is 0.427 e. The molecule has 0 unspecified atom stereocenters. The van der Waals surface area contributed by atoms with Crippen molar-refractivity contribution in [3.8, 4) is 0 Å². The normalized spacial score (nSPS) is 9.30. The third-order valence-corrected chi connectivity index (χ3v) is 0.516. The van der Waals surface area contributed by atoms with Gasteiger partial charge in [-0.25, -0.2) is 15.0 Å². The van der Waals surface area contributed by atoms with E-state index in [2.05, 4.69) is 9.84 Å². The van der Waals surface area contributed by atoms with Crippen LogP contribution in [0.25, 0.3) is 0 Å². The summed E-state index contributed by atoms with van der Waals surface area (Å²) in [4.78, 5) is 19.9. The van der Waals surface area contributed by atoms with Crippen molar-refractivity contribution in [2.45, 2.75) is 0 Å². The number of rotatable bonds is 2. The monoisotopic (exact) mass is 146 g/mol. The molecule has 1 amide bonds. The molecule has 0 rings (SSSR count). The third-order valence-electron chi connectivity index (χ3n) is 0.516. The molecule has 0 spiro atoms. The number of hydrogen-bond acceptors (Lipinski definition) is 4. The second-order valence-electron chi connectivity index (χ2n) is 1.20. The summed E-state index contributed by atoms with van der Waals surface area (Å²) in [6, 6.07) is 0. The van der Waals surface area contributed by atoms with E-state index in [1.807, 2.05) is 0 Å². The fourth-order valence-corrected chi connectivity index (χ4v) is 0.186. The number of methoxy groups -OCH3 is 1. The average molecular weight is 146 g/mol. The van der Waals surface area contributed by atoms with Gasteiger partial charge in [0.1, 0.15) is 6.21 Å². The Balaban J connectivity index is 3.53. The Bertz CT molecular complexity index is 165. The number of hydrogen-bond donors (Lipinski definition) is 2. The summed E-state index contributed by atoms with van der Waals surface area (Å²) in [5.41, 5.74) is 1.79. The summed E-state index contributed by atoms with van der Waals surface area (Å²) in [5.74, 6) is -1.24. The Morgan fingerprint density at radius 3 is 2.70 bits per heavy atom. The maximum Gasteiger partial charge on any atom is 0.427 e. The maximum absolute atomic E-state index is 10.2. The first-order valence-electron chi connectivity index (χ1n) is 2.26. The molecule has 0 bridgehead atoms. The first kappa shape index (κ1) is 8.41. The van der Waals surface area contributed by atoms with Crippen molar-refractivity contribution in [1.29, 1.82) is 0 Å². The topological polar surface area (TPSA) is 88.0 Å². The highest BCUT2D eigenvalue weighted by Gasteiger charge is 1.92. The highest BCUT2D eigenvalue weighted by Crippen LogP contribution is 1.68. The van der Waals surface area contributed by atoms with Crippen LogP contribution in [-0.2, 0) is 9.53 Å². The Kier molecular flexibility index (Phi) is 3.62. The quantitative estimate of drug-likeness (QED) is 0.402. The van der Waals surface area contributed by atoms with Crippen LogP contribution in [0, 0.1) is 0 Å². The van der Waals surface area contributed by atoms with Crippen LogP contribution in [0.5, 0.6) is 0 Å². The number of carbonyl (C=O) groups is 2. The molecule has 6 nitrogen and oxygen atoms in total. The zero-order chi connectivity index (χ0) is 7.98. The van der Waals surface area contributed by atoms with Crippen LogP contribution in [0.3, 0.4) is 0 Å². The molecule has 56 valence electrons. The molecular formula is C4H6N2O4. The molecule has 10 heavy (non-hydrogen) atoms. The van der Waals surface area contributed by atoms with E-state index >= 15 is 0 Å². The number of carboxylic acid groups (broad SMARTS) is 1. The lowest BCUT2D eigenvalue weighted by atomic mass is 10.8. The van der Waals surface area contributed by atoms with Gasteiger partial charge < -0.3 is 9.84 Å². The predicted octanol–water partition coefficient (Wildman–Crippen LogP) is -0.587. The summed E-state index contributed by atoms with van der Waals surface area (Å²) < 4.78 is 4.08. The maximum atomic E-state index is 10.2. The molecule has 0 aliphatic heterocycles. The van der Waals surface area contributed by atoms with Crippen molar-refractivity contribution < 1.29 is 19.4 Å². The first-order chi connectivity index (χ1) is 4.66. The van der Waals surface area contributed by atoms with E-state index in [0.717, 1.165) is 7.11 Å². The molecular weight excluding hydrogens is 140 g/mol. The Labute approximate surface area is 56.5 Å². The predicted molar refractivity (Wildman–Crippen MR) is 31.7 cm³/mol. The molecule has 0 heterocycles. The van der Waals surface area contributed by atoms with Gasteiger partial charge >= 0.3 is 12.1 Å². The van der Waals surface area contributed by atoms with Crippen molar-refractivity contribution in [1.82, 2.24) is 5.43 Å². The van der Waals surface area contributed by atoms with E-state index in [0.29, 0.717) is 6.21 Å². The molecule has 0 atom stereocenters. The van der Waals surface area contributed by atoms with Crippen LogP contribution < -0.4 is 5.43 Å². The lowest BCUT2D eigenvalue weighted by Crippen LogP contribution is -2.17. The SMILES string of the molecule is COC(=O)N/N=C/C(=O)O. The van der Waals surface area contributed by atoms with E-state index in [1.54, 1.807) is 5.43 Å². The second kappa shape index (κ2) is 4.30. The number of ether oxygens (including phenoxy) is 1. The largest absolute Gasteiger partial charge is 0.477 e. The summed E-state index contributed by atoms with van der Waals surface area (Å²) in [6.07, 6.45) is -0.269. The van der Waals surface area contributed by atoms with Gasteiger partial charge in [-0.1, -0.05) is 0 Å². The summed E-state index contributed by atoms with van der Waals surface area (Å²) >= 11 is 0. The van der Waals surface area contributed by atoms with Crippen LogP contribution >= 0.6 is 0 Å². The van der Waals surface area contributed by atoms with Gasteiger partial charge in [0.15, 0.2) is 0 Å². The summed E-state index contributed by atoms with van der Waals surface area (Å²) in [6.45, 7) is 0. The van der Waals surface area contributed by atoms with E-state index in [1.165, 1.54) is 0 Å². The summed E-state index contributed by atoms with van der Waals surface area (Å²) in [7, 11) is 1.14. The highest BCUT2D eigenvalue weighted by atomic mass is 16.5. The van der Waals surface area contributed by atoms with Crippen molar-refractivity contribution in [3.05, 3.63) is 0 Å². The van der Waals surface area contributed by atoms with Crippen LogP contribution in [0.4, 0.5) is 4.79 Å². The standard InChI is InChI=1S/C4H6N2O4/c1-10-4(9)6-5-2-3(7)8/h2H,1H3,(H,6,9)(H,7,8)/b5-2+. The molecule has 0 aliphatic carbocycles. The van der Waals surface area contributed by atoms with Gasteiger partial charge in [0.25, 0.3) is 0 Å². The van der Waals surface area contributed by atoms with Crippen LogP contribution in [0.2, 0.25) is 0 Å². The van der Waals surface area contributed by atoms with E-state index in [9.17, 15) is 9.59 Å². The molecule has 0 aromatic heterocycles. The van der Waals surface area contributed by atoms with Gasteiger partial charge in [0, 0.05) is 0 Å². The number of carboxylic acids is 1. The molecule has 0 aliphatic rings. The molecule has 0 aromatic carbocycles. The van der Waals surface area contributed by atoms with Crippen LogP contribution in [0.1, 0.15) is 0 Å². The molecule has 0 aromatic rings. The van der Waals surface area contributed by atoms with E-state index < -0.39 is 12.1 Å². The number of hydrazone groups is 1. The number of nitrogens with one attached hydrogen (secondary N) is 1. The number of carbonyl (C=O) groups excluding carboxylic acids is 1. The van der Waals surface area contributed by atoms with Gasteiger partial charge in [-0.05, 0) is 0 Å². The molecule has 2 N–H and O–H groups in total. The van der Waals surface area contributed by atoms with Gasteiger partial charge in [-0.3, -0.25) is 0 Å². The number of aliphatic carboxylic acids is 1. The average Bonchev–Trinajstić information content (AvgIpc) is 1.87. The van der Waals surface area contributed by atoms with Crippen molar-refractivity contribution in [3.63, 3.8) is 0 Å². The van der Waals surface area contributed by atoms with Gasteiger partial charge in [0.2, 0.25) is 0 Å². The highest BCUT2D eigenvalue weighted by molar-refractivity contribution is 6.22. The van der Waals surface area contributed by atoms with E-state index in [4.69, 9.17) is 5.11 Å². The lowest BCUT2D eigenvalue weighted by molar-refractivity contribution is -0.128. The minimum atomic E-state index is -1.24. The second-order valence-corrected chi connectivity index (χ2v) is 1.20. The molecule has 6 heteroatoms. The fraction of sp³-hybridized carbons (Fsp3) is 0.250. The third kappa shape index (κ3) is 4.57. The lowest BCUT2D eigenvalue weighted by Gasteiger charge is -1.92. The van der Waals surface area contributed by atoms with Gasteiger partial charge in [-0.2, -0.15) is 5.10 Å². The van der Waals surface area contributed by atoms with Crippen molar-refractivity contribution in [2.24, 2.45) is 5.10 Å². The summed E-state index contributed by atoms with van der Waals surface area (Å²) in [5, 5.41) is 11.0. The van der Waals surface area contributed by atoms with Crippen molar-refractivity contribution in [2.75, 3.05) is 7.11 Å².